The highest BCUT2D eigenvalue weighted by Gasteiger charge is 2.41. The topological polar surface area (TPSA) is 42.1 Å². The molecule has 1 aliphatic heterocycles. The van der Waals surface area contributed by atoms with Crippen molar-refractivity contribution in [2.24, 2.45) is 5.92 Å². The molecule has 0 spiro atoms. The molecular weight excluding hydrogens is 231 g/mol. The summed E-state index contributed by atoms with van der Waals surface area (Å²) in [5.74, 6) is -0.751. The Morgan fingerprint density at radius 1 is 1.24 bits per heavy atom. The third kappa shape index (κ3) is 2.81. The van der Waals surface area contributed by atoms with Gasteiger partial charge in [-0.05, 0) is 25.0 Å². The van der Waals surface area contributed by atoms with Gasteiger partial charge in [0.05, 0.1) is 17.8 Å². The Balaban J connectivity index is 1.97. The minimum absolute atomic E-state index is 0.147. The number of nitrogens with two attached hydrogens (primary N) is 1. The van der Waals surface area contributed by atoms with Crippen LogP contribution >= 0.6 is 0 Å². The van der Waals surface area contributed by atoms with Gasteiger partial charge in [0, 0.05) is 13.1 Å². The first-order valence-corrected chi connectivity index (χ1v) is 5.50. The number of rotatable bonds is 1. The van der Waals surface area contributed by atoms with Gasteiger partial charge in [0.2, 0.25) is 0 Å². The molecule has 0 radical (unpaired) electrons. The summed E-state index contributed by atoms with van der Waals surface area (Å²) in [6.07, 6.45) is -2.17. The second kappa shape index (κ2) is 4.43. The van der Waals surface area contributed by atoms with Crippen LogP contribution in [0.4, 0.5) is 24.7 Å². The summed E-state index contributed by atoms with van der Waals surface area (Å²) in [5.41, 5.74) is 6.29. The first-order chi connectivity index (χ1) is 7.97. The molecule has 1 aliphatic rings. The van der Waals surface area contributed by atoms with Gasteiger partial charge in [-0.1, -0.05) is 0 Å². The molecule has 0 unspecified atom stereocenters. The molecule has 3 nitrogen and oxygen atoms in total. The quantitative estimate of drug-likeness (QED) is 0.826. The van der Waals surface area contributed by atoms with Gasteiger partial charge in [0.1, 0.15) is 5.82 Å². The van der Waals surface area contributed by atoms with E-state index in [1.165, 1.54) is 0 Å². The predicted octanol–water partition coefficient (Wildman–Crippen LogP) is 2.44. The average molecular weight is 245 g/mol. The second-order valence-corrected chi connectivity index (χ2v) is 4.24. The summed E-state index contributed by atoms with van der Waals surface area (Å²) in [6.45, 7) is 0.825. The number of nitrogens with zero attached hydrogens (tertiary/aromatic N) is 2. The number of halogens is 3. The van der Waals surface area contributed by atoms with Crippen molar-refractivity contribution < 1.29 is 13.2 Å². The van der Waals surface area contributed by atoms with E-state index in [1.54, 1.807) is 18.3 Å². The Labute approximate surface area is 97.4 Å². The minimum Gasteiger partial charge on any atom is -0.384 e. The zero-order valence-electron chi connectivity index (χ0n) is 9.24. The van der Waals surface area contributed by atoms with Crippen LogP contribution in [0.3, 0.4) is 0 Å². The number of hydrogen-bond acceptors (Lipinski definition) is 3. The van der Waals surface area contributed by atoms with Crippen molar-refractivity contribution in [2.45, 2.75) is 19.0 Å². The first-order valence-electron chi connectivity index (χ1n) is 5.50. The van der Waals surface area contributed by atoms with E-state index in [0.717, 1.165) is 5.69 Å². The SMILES string of the molecule is Nc1ccc(N2CCC(C(F)(F)F)CC2)cn1. The van der Waals surface area contributed by atoms with Crippen molar-refractivity contribution in [1.82, 2.24) is 4.98 Å². The van der Waals surface area contributed by atoms with Crippen LogP contribution in [-0.2, 0) is 0 Å². The number of aromatic nitrogens is 1. The molecule has 0 bridgehead atoms. The van der Waals surface area contributed by atoms with Gasteiger partial charge >= 0.3 is 6.18 Å². The van der Waals surface area contributed by atoms with Crippen LogP contribution in [0.1, 0.15) is 12.8 Å². The van der Waals surface area contributed by atoms with E-state index >= 15 is 0 Å². The monoisotopic (exact) mass is 245 g/mol. The smallest absolute Gasteiger partial charge is 0.384 e. The lowest BCUT2D eigenvalue weighted by atomic mass is 9.96. The van der Waals surface area contributed by atoms with Crippen LogP contribution in [0.25, 0.3) is 0 Å². The highest BCUT2D eigenvalue weighted by Crippen LogP contribution is 2.35. The van der Waals surface area contributed by atoms with Gasteiger partial charge in [-0.3, -0.25) is 0 Å². The van der Waals surface area contributed by atoms with E-state index in [1.807, 2.05) is 4.90 Å². The molecule has 2 rings (SSSR count). The lowest BCUT2D eigenvalue weighted by Crippen LogP contribution is -2.39. The standard InChI is InChI=1S/C11H14F3N3/c12-11(13,14)8-3-5-17(6-4-8)9-1-2-10(15)16-7-9/h1-2,7-8H,3-6H2,(H2,15,16). The third-order valence-electron chi connectivity index (χ3n) is 3.09. The zero-order chi connectivity index (χ0) is 12.5. The van der Waals surface area contributed by atoms with Crippen LogP contribution in [0.2, 0.25) is 0 Å². The molecule has 1 fully saturated rings. The van der Waals surface area contributed by atoms with Crippen LogP contribution in [0.15, 0.2) is 18.3 Å². The fourth-order valence-electron chi connectivity index (χ4n) is 2.05. The van der Waals surface area contributed by atoms with Crippen molar-refractivity contribution in [3.05, 3.63) is 18.3 Å². The number of nitrogen functional groups attached to an aromatic ring is 1. The molecule has 6 heteroatoms. The van der Waals surface area contributed by atoms with Gasteiger partial charge in [0.25, 0.3) is 0 Å². The number of pyridine rings is 1. The van der Waals surface area contributed by atoms with Gasteiger partial charge in [0.15, 0.2) is 0 Å². The highest BCUT2D eigenvalue weighted by atomic mass is 19.4. The Bertz CT molecular complexity index is 367. The molecule has 2 heterocycles. The number of anilines is 2. The number of piperidine rings is 1. The fraction of sp³-hybridized carbons (Fsp3) is 0.545. The van der Waals surface area contributed by atoms with E-state index < -0.39 is 12.1 Å². The van der Waals surface area contributed by atoms with Crippen LogP contribution in [-0.4, -0.2) is 24.2 Å². The van der Waals surface area contributed by atoms with Crippen molar-refractivity contribution >= 4 is 11.5 Å². The molecule has 2 N–H and O–H groups in total. The van der Waals surface area contributed by atoms with Crippen molar-refractivity contribution in [3.8, 4) is 0 Å². The number of hydrogen-bond donors (Lipinski definition) is 1. The lowest BCUT2D eigenvalue weighted by molar-refractivity contribution is -0.179. The van der Waals surface area contributed by atoms with Gasteiger partial charge < -0.3 is 10.6 Å². The molecule has 0 aliphatic carbocycles. The molecule has 1 saturated heterocycles. The molecule has 1 aromatic heterocycles. The largest absolute Gasteiger partial charge is 0.391 e. The van der Waals surface area contributed by atoms with Crippen molar-refractivity contribution in [3.63, 3.8) is 0 Å². The summed E-state index contributed by atoms with van der Waals surface area (Å²) in [4.78, 5) is 5.85. The molecular formula is C11H14F3N3. The Hall–Kier alpha value is -1.46. The normalized spacial score (nSPS) is 18.4. The Morgan fingerprint density at radius 3 is 2.35 bits per heavy atom. The predicted molar refractivity (Wildman–Crippen MR) is 59.6 cm³/mol. The van der Waals surface area contributed by atoms with E-state index in [2.05, 4.69) is 4.98 Å². The summed E-state index contributed by atoms with van der Waals surface area (Å²) >= 11 is 0. The molecule has 0 aromatic carbocycles. The molecule has 0 amide bonds. The van der Waals surface area contributed by atoms with Gasteiger partial charge in [-0.2, -0.15) is 13.2 Å². The van der Waals surface area contributed by atoms with Crippen molar-refractivity contribution in [1.29, 1.82) is 0 Å². The van der Waals surface area contributed by atoms with Crippen LogP contribution in [0.5, 0.6) is 0 Å². The third-order valence-corrected chi connectivity index (χ3v) is 3.09. The van der Waals surface area contributed by atoms with E-state index in [4.69, 9.17) is 5.73 Å². The van der Waals surface area contributed by atoms with Crippen LogP contribution < -0.4 is 10.6 Å². The molecule has 17 heavy (non-hydrogen) atoms. The lowest BCUT2D eigenvalue weighted by Gasteiger charge is -2.34. The minimum atomic E-state index is -4.06. The average Bonchev–Trinajstić information content (AvgIpc) is 2.29. The van der Waals surface area contributed by atoms with Crippen molar-refractivity contribution in [2.75, 3.05) is 23.7 Å². The maximum Gasteiger partial charge on any atom is 0.391 e. The van der Waals surface area contributed by atoms with Gasteiger partial charge in [-0.15, -0.1) is 0 Å². The van der Waals surface area contributed by atoms with Gasteiger partial charge in [-0.25, -0.2) is 4.98 Å². The highest BCUT2D eigenvalue weighted by molar-refractivity contribution is 5.48. The summed E-state index contributed by atoms with van der Waals surface area (Å²) in [5, 5.41) is 0. The molecule has 0 atom stereocenters. The maximum atomic E-state index is 12.5. The zero-order valence-corrected chi connectivity index (χ0v) is 9.24. The number of alkyl halides is 3. The van der Waals surface area contributed by atoms with E-state index in [0.29, 0.717) is 18.9 Å². The maximum absolute atomic E-state index is 12.5. The Morgan fingerprint density at radius 2 is 1.88 bits per heavy atom. The van der Waals surface area contributed by atoms with E-state index in [-0.39, 0.29) is 12.8 Å². The first kappa shape index (κ1) is 12.0. The van der Waals surface area contributed by atoms with Crippen LogP contribution in [0, 0.1) is 5.92 Å². The summed E-state index contributed by atoms with van der Waals surface area (Å²) < 4.78 is 37.4. The summed E-state index contributed by atoms with van der Waals surface area (Å²) in [7, 11) is 0. The molecule has 0 saturated carbocycles. The molecule has 94 valence electrons. The molecule has 1 aromatic rings. The van der Waals surface area contributed by atoms with E-state index in [9.17, 15) is 13.2 Å². The second-order valence-electron chi connectivity index (χ2n) is 4.24. The summed E-state index contributed by atoms with van der Waals surface area (Å²) in [6, 6.07) is 3.45. The fourth-order valence-corrected chi connectivity index (χ4v) is 2.05. The Kier molecular flexibility index (Phi) is 3.13.